The molecule has 0 radical (unpaired) electrons. The van der Waals surface area contributed by atoms with E-state index in [2.05, 4.69) is 16.0 Å². The molecule has 1 heterocycles. The van der Waals surface area contributed by atoms with Gasteiger partial charge in [0.15, 0.2) is 0 Å². The summed E-state index contributed by atoms with van der Waals surface area (Å²) in [5.74, 6) is -0.162. The number of hydrogen-bond donors (Lipinski definition) is 4. The fourth-order valence-corrected chi connectivity index (χ4v) is 2.15. The van der Waals surface area contributed by atoms with Gasteiger partial charge in [-0.3, -0.25) is 4.79 Å². The number of carbonyl (C=O) groups excluding carboxylic acids is 1. The molecule has 0 bridgehead atoms. The number of rotatable bonds is 4. The van der Waals surface area contributed by atoms with Gasteiger partial charge in [0.1, 0.15) is 0 Å². The molecule has 1 saturated heterocycles. The molecule has 0 aromatic heterocycles. The lowest BCUT2D eigenvalue weighted by Crippen LogP contribution is -2.51. The van der Waals surface area contributed by atoms with Crippen LogP contribution in [0, 0.1) is 0 Å². The maximum atomic E-state index is 12.2. The maximum Gasteiger partial charge on any atom is 0.255 e. The Bertz CT molecular complexity index is 635. The van der Waals surface area contributed by atoms with Crippen molar-refractivity contribution >= 4 is 23.0 Å². The highest BCUT2D eigenvalue weighted by Gasteiger charge is 2.16. The third-order valence-corrected chi connectivity index (χ3v) is 3.51. The highest BCUT2D eigenvalue weighted by atomic mass is 16.1. The molecule has 2 aromatic rings. The molecule has 2 aromatic carbocycles. The van der Waals surface area contributed by atoms with E-state index in [1.807, 2.05) is 36.4 Å². The number of carbonyl (C=O) groups is 1. The van der Waals surface area contributed by atoms with Crippen molar-refractivity contribution in [3.63, 3.8) is 0 Å². The Morgan fingerprint density at radius 2 is 1.81 bits per heavy atom. The molecule has 5 N–H and O–H groups in total. The second-order valence-corrected chi connectivity index (χ2v) is 5.12. The number of benzene rings is 2. The van der Waals surface area contributed by atoms with Crippen molar-refractivity contribution in [2.45, 2.75) is 6.04 Å². The zero-order chi connectivity index (χ0) is 14.7. The fourth-order valence-electron chi connectivity index (χ4n) is 2.15. The Morgan fingerprint density at radius 3 is 2.43 bits per heavy atom. The van der Waals surface area contributed by atoms with Gasteiger partial charge in [0.2, 0.25) is 0 Å². The van der Waals surface area contributed by atoms with Crippen LogP contribution < -0.4 is 21.7 Å². The van der Waals surface area contributed by atoms with Gasteiger partial charge in [-0.05, 0) is 36.4 Å². The lowest BCUT2D eigenvalue weighted by molar-refractivity contribution is 0.102. The van der Waals surface area contributed by atoms with E-state index in [9.17, 15) is 4.79 Å². The third-order valence-electron chi connectivity index (χ3n) is 3.51. The largest absolute Gasteiger partial charge is 0.397 e. The lowest BCUT2D eigenvalue weighted by Gasteiger charge is -2.29. The van der Waals surface area contributed by atoms with Crippen molar-refractivity contribution in [2.24, 2.45) is 0 Å². The summed E-state index contributed by atoms with van der Waals surface area (Å²) in [4.78, 5) is 12.2. The quantitative estimate of drug-likeness (QED) is 0.646. The van der Waals surface area contributed by atoms with Crippen LogP contribution in [0.4, 0.5) is 17.1 Å². The molecule has 0 atom stereocenters. The average Bonchev–Trinajstić information content (AvgIpc) is 2.46. The molecule has 108 valence electrons. The van der Waals surface area contributed by atoms with Crippen LogP contribution >= 0.6 is 0 Å². The van der Waals surface area contributed by atoms with Crippen LogP contribution in [0.25, 0.3) is 0 Å². The lowest BCUT2D eigenvalue weighted by atomic mass is 10.1. The van der Waals surface area contributed by atoms with Gasteiger partial charge < -0.3 is 21.7 Å². The summed E-state index contributed by atoms with van der Waals surface area (Å²) in [6.45, 7) is 1.96. The van der Waals surface area contributed by atoms with Crippen LogP contribution in [0.1, 0.15) is 10.4 Å². The number of amides is 1. The van der Waals surface area contributed by atoms with Gasteiger partial charge in [-0.15, -0.1) is 0 Å². The van der Waals surface area contributed by atoms with Crippen LogP contribution in [0.5, 0.6) is 0 Å². The monoisotopic (exact) mass is 282 g/mol. The number of nitrogen functional groups attached to an aromatic ring is 1. The topological polar surface area (TPSA) is 79.2 Å². The van der Waals surface area contributed by atoms with E-state index in [0.717, 1.165) is 18.8 Å². The van der Waals surface area contributed by atoms with E-state index in [-0.39, 0.29) is 5.91 Å². The first-order valence-corrected chi connectivity index (χ1v) is 6.95. The van der Waals surface area contributed by atoms with Crippen molar-refractivity contribution in [1.82, 2.24) is 5.32 Å². The van der Waals surface area contributed by atoms with E-state index in [0.29, 0.717) is 23.0 Å². The van der Waals surface area contributed by atoms with Gasteiger partial charge in [-0.1, -0.05) is 12.1 Å². The minimum Gasteiger partial charge on any atom is -0.397 e. The highest BCUT2D eigenvalue weighted by Crippen LogP contribution is 2.18. The summed E-state index contributed by atoms with van der Waals surface area (Å²) in [7, 11) is 0. The molecule has 1 aliphatic rings. The van der Waals surface area contributed by atoms with Crippen LogP contribution in [0.15, 0.2) is 48.5 Å². The van der Waals surface area contributed by atoms with E-state index in [4.69, 9.17) is 5.73 Å². The van der Waals surface area contributed by atoms with Crippen LogP contribution in [-0.4, -0.2) is 25.0 Å². The summed E-state index contributed by atoms with van der Waals surface area (Å²) in [6.07, 6.45) is 0. The zero-order valence-electron chi connectivity index (χ0n) is 11.6. The van der Waals surface area contributed by atoms with Crippen molar-refractivity contribution in [3.05, 3.63) is 54.1 Å². The summed E-state index contributed by atoms with van der Waals surface area (Å²) >= 11 is 0. The molecule has 1 fully saturated rings. The molecule has 1 aliphatic heterocycles. The minimum absolute atomic E-state index is 0.162. The Morgan fingerprint density at radius 1 is 1.10 bits per heavy atom. The summed E-state index contributed by atoms with van der Waals surface area (Å²) in [6, 6.07) is 15.2. The van der Waals surface area contributed by atoms with Crippen LogP contribution in [-0.2, 0) is 0 Å². The predicted molar refractivity (Wildman–Crippen MR) is 85.5 cm³/mol. The Hall–Kier alpha value is -2.53. The summed E-state index contributed by atoms with van der Waals surface area (Å²) < 4.78 is 0. The highest BCUT2D eigenvalue weighted by molar-refractivity contribution is 6.05. The molecular weight excluding hydrogens is 264 g/mol. The van der Waals surface area contributed by atoms with Crippen molar-refractivity contribution < 1.29 is 4.79 Å². The van der Waals surface area contributed by atoms with Crippen LogP contribution in [0.3, 0.4) is 0 Å². The van der Waals surface area contributed by atoms with Gasteiger partial charge in [0.05, 0.1) is 17.4 Å². The number of para-hydroxylation sites is 2. The molecule has 0 saturated carbocycles. The number of hydrogen-bond acceptors (Lipinski definition) is 4. The smallest absolute Gasteiger partial charge is 0.255 e. The third kappa shape index (κ3) is 3.14. The normalized spacial score (nSPS) is 14.3. The molecule has 5 nitrogen and oxygen atoms in total. The second-order valence-electron chi connectivity index (χ2n) is 5.12. The molecule has 0 unspecified atom stereocenters. The van der Waals surface area contributed by atoms with E-state index >= 15 is 0 Å². The van der Waals surface area contributed by atoms with Crippen molar-refractivity contribution in [3.8, 4) is 0 Å². The SMILES string of the molecule is Nc1ccccc1NC(=O)c1ccc(NC2CNC2)cc1. The van der Waals surface area contributed by atoms with Crippen molar-refractivity contribution in [2.75, 3.05) is 29.5 Å². The van der Waals surface area contributed by atoms with Gasteiger partial charge >= 0.3 is 0 Å². The zero-order valence-corrected chi connectivity index (χ0v) is 11.6. The van der Waals surface area contributed by atoms with Gasteiger partial charge in [0.25, 0.3) is 5.91 Å². The Balaban J connectivity index is 1.65. The van der Waals surface area contributed by atoms with E-state index in [1.54, 1.807) is 12.1 Å². The first-order valence-electron chi connectivity index (χ1n) is 6.95. The van der Waals surface area contributed by atoms with Crippen molar-refractivity contribution in [1.29, 1.82) is 0 Å². The first kappa shape index (κ1) is 13.5. The number of anilines is 3. The molecule has 5 heteroatoms. The number of nitrogens with one attached hydrogen (secondary N) is 3. The molecule has 21 heavy (non-hydrogen) atoms. The minimum atomic E-state index is -0.162. The molecule has 0 aliphatic carbocycles. The molecule has 3 rings (SSSR count). The Labute approximate surface area is 123 Å². The summed E-state index contributed by atoms with van der Waals surface area (Å²) in [5.41, 5.74) is 8.64. The standard InChI is InChI=1S/C16H18N4O/c17-14-3-1-2-4-15(14)20-16(21)11-5-7-12(8-6-11)19-13-9-18-10-13/h1-8,13,18-19H,9-10,17H2,(H,20,21). The van der Waals surface area contributed by atoms with E-state index in [1.165, 1.54) is 0 Å². The first-order chi connectivity index (χ1) is 10.2. The predicted octanol–water partition coefficient (Wildman–Crippen LogP) is 1.90. The molecular formula is C16H18N4O. The average molecular weight is 282 g/mol. The maximum absolute atomic E-state index is 12.2. The number of nitrogens with two attached hydrogens (primary N) is 1. The summed E-state index contributed by atoms with van der Waals surface area (Å²) in [5, 5.41) is 9.41. The van der Waals surface area contributed by atoms with Gasteiger partial charge in [0, 0.05) is 24.3 Å². The Kier molecular flexibility index (Phi) is 3.75. The molecule has 1 amide bonds. The van der Waals surface area contributed by atoms with Crippen LogP contribution in [0.2, 0.25) is 0 Å². The second kappa shape index (κ2) is 5.85. The molecule has 0 spiro atoms. The van der Waals surface area contributed by atoms with E-state index < -0.39 is 0 Å². The van der Waals surface area contributed by atoms with Gasteiger partial charge in [-0.2, -0.15) is 0 Å². The fraction of sp³-hybridized carbons (Fsp3) is 0.188. The van der Waals surface area contributed by atoms with Gasteiger partial charge in [-0.25, -0.2) is 0 Å².